The third-order valence-electron chi connectivity index (χ3n) is 8.22. The van der Waals surface area contributed by atoms with E-state index >= 15 is 0 Å². The number of rotatable bonds is 6. The first-order chi connectivity index (χ1) is 23.7. The second kappa shape index (κ2) is 16.6. The molecule has 8 N–H and O–H groups in total. The molecule has 0 fully saturated rings. The molecule has 1 aliphatic heterocycles. The summed E-state index contributed by atoms with van der Waals surface area (Å²) in [5.74, 6) is -5.28. The highest BCUT2D eigenvalue weighted by Crippen LogP contribution is 2.31. The molecule has 4 rings (SSSR count). The van der Waals surface area contributed by atoms with Gasteiger partial charge in [-0.25, -0.2) is 4.79 Å². The van der Waals surface area contributed by atoms with Crippen LogP contribution >= 0.6 is 11.8 Å². The van der Waals surface area contributed by atoms with Crippen molar-refractivity contribution >= 4 is 58.2 Å². The first kappa shape index (κ1) is 37.9. The third-order valence-corrected chi connectivity index (χ3v) is 9.36. The Hall–Kier alpha value is -4.96. The van der Waals surface area contributed by atoms with Gasteiger partial charge in [-0.15, -0.1) is 11.8 Å². The Kier molecular flexibility index (Phi) is 12.6. The van der Waals surface area contributed by atoms with Crippen LogP contribution in [0.2, 0.25) is 0 Å². The summed E-state index contributed by atoms with van der Waals surface area (Å²) in [6.07, 6.45) is 0.258. The number of hydrogen-bond acceptors (Lipinski definition) is 9. The Bertz CT molecular complexity index is 1760. The highest BCUT2D eigenvalue weighted by molar-refractivity contribution is 7.99. The van der Waals surface area contributed by atoms with Crippen molar-refractivity contribution in [2.45, 2.75) is 88.8 Å². The number of para-hydroxylation sites is 1. The fraction of sp³-hybridized carbons (Fsp3) is 0.441. The van der Waals surface area contributed by atoms with Crippen molar-refractivity contribution in [1.29, 1.82) is 0 Å². The molecule has 16 heteroatoms. The standard InChI is InChI=1S/C34H43N7O8S/c1-16(2)13-24-30(45)36-18(4)28(43)41-27(19(5)42)32(47)39-26(34(48)49)15-50-33-22(21-9-6-7-11-23(21)40-33)14-25(31(46)38-24)37-29(44)20-10-8-12-35-17(20)3/h6-12,16,18-19,24-27,40,42H,13-15H2,1-5H3,(H,36,45)(H,37,44)(H,38,46)(H,39,47)(H,41,43)(H,48,49)/t18-,19-,24+,25+,26+,27+/m1/s1. The maximum Gasteiger partial charge on any atom is 0.327 e. The SMILES string of the molecule is Cc1ncccc1C(=O)N[C@H]1Cc2c([nH]c3ccccc23)SC[C@@H](C(=O)O)NC(=O)[C@H]([C@@H](C)O)NC(=O)[C@@H](C)NC(=O)[C@H](CC(C)C)NC1=O. The second-order valence-corrected chi connectivity index (χ2v) is 13.7. The molecule has 15 nitrogen and oxygen atoms in total. The zero-order valence-electron chi connectivity index (χ0n) is 28.4. The molecule has 1 aromatic carbocycles. The van der Waals surface area contributed by atoms with E-state index in [-0.39, 0.29) is 30.1 Å². The Morgan fingerprint density at radius 1 is 0.960 bits per heavy atom. The van der Waals surface area contributed by atoms with Crippen LogP contribution in [-0.4, -0.2) is 97.8 Å². The molecule has 0 unspecified atom stereocenters. The lowest BCUT2D eigenvalue weighted by atomic mass is 10.00. The number of aromatic amines is 1. The number of aliphatic carboxylic acids is 1. The predicted molar refractivity (Wildman–Crippen MR) is 185 cm³/mol. The summed E-state index contributed by atoms with van der Waals surface area (Å²) in [5.41, 5.74) is 1.97. The first-order valence-electron chi connectivity index (χ1n) is 16.2. The number of aliphatic hydroxyl groups excluding tert-OH is 1. The maximum absolute atomic E-state index is 14.1. The minimum atomic E-state index is -1.53. The number of aromatic nitrogens is 2. The number of amides is 5. The van der Waals surface area contributed by atoms with Gasteiger partial charge in [-0.05, 0) is 56.9 Å². The van der Waals surface area contributed by atoms with Crippen LogP contribution in [0.1, 0.15) is 55.7 Å². The number of nitrogens with one attached hydrogen (secondary N) is 6. The lowest BCUT2D eigenvalue weighted by Crippen LogP contribution is -2.60. The zero-order valence-corrected chi connectivity index (χ0v) is 29.2. The van der Waals surface area contributed by atoms with E-state index in [4.69, 9.17) is 0 Å². The van der Waals surface area contributed by atoms with E-state index in [9.17, 15) is 39.0 Å². The van der Waals surface area contributed by atoms with Crippen molar-refractivity contribution in [1.82, 2.24) is 36.6 Å². The van der Waals surface area contributed by atoms with Crippen LogP contribution < -0.4 is 26.6 Å². The van der Waals surface area contributed by atoms with Gasteiger partial charge >= 0.3 is 5.97 Å². The Morgan fingerprint density at radius 3 is 2.34 bits per heavy atom. The van der Waals surface area contributed by atoms with Gasteiger partial charge in [-0.3, -0.25) is 29.0 Å². The van der Waals surface area contributed by atoms with Gasteiger partial charge in [0.1, 0.15) is 30.2 Å². The van der Waals surface area contributed by atoms with Crippen LogP contribution in [0.5, 0.6) is 0 Å². The molecule has 1 aliphatic rings. The third kappa shape index (κ3) is 9.38. The number of H-pyrrole nitrogens is 1. The Labute approximate surface area is 293 Å². The average Bonchev–Trinajstić information content (AvgIpc) is 3.40. The summed E-state index contributed by atoms with van der Waals surface area (Å²) in [4.78, 5) is 87.3. The van der Waals surface area contributed by atoms with E-state index in [2.05, 4.69) is 36.6 Å². The second-order valence-electron chi connectivity index (χ2n) is 12.7. The predicted octanol–water partition coefficient (Wildman–Crippen LogP) is 0.789. The number of benzene rings is 1. The van der Waals surface area contributed by atoms with E-state index in [1.54, 1.807) is 37.4 Å². The zero-order chi connectivity index (χ0) is 36.7. The molecule has 3 heterocycles. The number of aryl methyl sites for hydroxylation is 1. The smallest absolute Gasteiger partial charge is 0.327 e. The number of fused-ring (bicyclic) bond motifs is 3. The van der Waals surface area contributed by atoms with Gasteiger partial charge in [0.2, 0.25) is 23.6 Å². The molecule has 0 spiro atoms. The largest absolute Gasteiger partial charge is 0.480 e. The molecule has 50 heavy (non-hydrogen) atoms. The highest BCUT2D eigenvalue weighted by atomic mass is 32.2. The molecule has 3 aromatic rings. The van der Waals surface area contributed by atoms with Crippen molar-refractivity contribution in [2.24, 2.45) is 5.92 Å². The molecule has 6 atom stereocenters. The summed E-state index contributed by atoms with van der Waals surface area (Å²) in [7, 11) is 0. The Morgan fingerprint density at radius 2 is 1.68 bits per heavy atom. The van der Waals surface area contributed by atoms with Crippen molar-refractivity contribution in [3.05, 3.63) is 59.4 Å². The number of nitrogens with zero attached hydrogens (tertiary/aromatic N) is 1. The van der Waals surface area contributed by atoms with Gasteiger partial charge in [-0.2, -0.15) is 0 Å². The number of hydrogen-bond donors (Lipinski definition) is 8. The fourth-order valence-corrected chi connectivity index (χ4v) is 6.62. The quantitative estimate of drug-likeness (QED) is 0.179. The molecule has 0 radical (unpaired) electrons. The van der Waals surface area contributed by atoms with Gasteiger partial charge in [0.25, 0.3) is 5.91 Å². The summed E-state index contributed by atoms with van der Waals surface area (Å²) in [5, 5.41) is 34.5. The van der Waals surface area contributed by atoms with Gasteiger partial charge in [0.15, 0.2) is 0 Å². The van der Waals surface area contributed by atoms with E-state index < -0.39 is 71.8 Å². The average molecular weight is 710 g/mol. The van der Waals surface area contributed by atoms with Crippen LogP contribution in [0.4, 0.5) is 0 Å². The molecular weight excluding hydrogens is 666 g/mol. The number of carboxylic acid groups (broad SMARTS) is 1. The minimum Gasteiger partial charge on any atom is -0.480 e. The monoisotopic (exact) mass is 709 g/mol. The Balaban J connectivity index is 1.81. The van der Waals surface area contributed by atoms with Gasteiger partial charge < -0.3 is 41.8 Å². The lowest BCUT2D eigenvalue weighted by Gasteiger charge is -2.27. The molecule has 2 aromatic heterocycles. The highest BCUT2D eigenvalue weighted by Gasteiger charge is 2.34. The normalized spacial score (nSPS) is 23.4. The number of carbonyl (C=O) groups excluding carboxylic acids is 5. The van der Waals surface area contributed by atoms with Crippen molar-refractivity contribution in [3.63, 3.8) is 0 Å². The number of pyridine rings is 1. The maximum atomic E-state index is 14.1. The molecule has 0 bridgehead atoms. The summed E-state index contributed by atoms with van der Waals surface area (Å²) in [6.45, 7) is 8.01. The molecule has 5 amide bonds. The lowest BCUT2D eigenvalue weighted by molar-refractivity contribution is -0.142. The number of carboxylic acids is 1. The number of thioether (sulfide) groups is 1. The minimum absolute atomic E-state index is 0.0632. The van der Waals surface area contributed by atoms with Gasteiger partial charge in [-0.1, -0.05) is 32.0 Å². The fourth-order valence-electron chi connectivity index (χ4n) is 5.52. The molecule has 0 aliphatic carbocycles. The molecule has 0 saturated heterocycles. The van der Waals surface area contributed by atoms with Gasteiger partial charge in [0.05, 0.1) is 16.7 Å². The van der Waals surface area contributed by atoms with E-state index in [1.807, 2.05) is 26.0 Å². The van der Waals surface area contributed by atoms with E-state index in [0.717, 1.165) is 11.8 Å². The van der Waals surface area contributed by atoms with Crippen LogP contribution in [0.3, 0.4) is 0 Å². The molecule has 0 saturated carbocycles. The van der Waals surface area contributed by atoms with Crippen LogP contribution in [0.25, 0.3) is 10.9 Å². The first-order valence-corrected chi connectivity index (χ1v) is 17.2. The van der Waals surface area contributed by atoms with Crippen LogP contribution in [0, 0.1) is 12.8 Å². The van der Waals surface area contributed by atoms with Crippen molar-refractivity contribution < 1.29 is 39.0 Å². The number of carbonyl (C=O) groups is 6. The van der Waals surface area contributed by atoms with Gasteiger partial charge in [0, 0.05) is 35.0 Å². The summed E-state index contributed by atoms with van der Waals surface area (Å²) >= 11 is 1.08. The summed E-state index contributed by atoms with van der Waals surface area (Å²) in [6, 6.07) is 3.87. The van der Waals surface area contributed by atoms with E-state index in [0.29, 0.717) is 27.2 Å². The molecular formula is C34H43N7O8S. The number of aliphatic hydroxyl groups is 1. The molecule has 268 valence electrons. The van der Waals surface area contributed by atoms with Crippen molar-refractivity contribution in [2.75, 3.05) is 5.75 Å². The van der Waals surface area contributed by atoms with Crippen molar-refractivity contribution in [3.8, 4) is 0 Å². The van der Waals surface area contributed by atoms with Crippen LogP contribution in [-0.2, 0) is 30.4 Å². The summed E-state index contributed by atoms with van der Waals surface area (Å²) < 4.78 is 0. The topological polar surface area (TPSA) is 232 Å². The van der Waals surface area contributed by atoms with Crippen LogP contribution in [0.15, 0.2) is 47.6 Å². The van der Waals surface area contributed by atoms with E-state index in [1.165, 1.54) is 13.8 Å².